The van der Waals surface area contributed by atoms with Crippen molar-refractivity contribution in [3.8, 4) is 11.5 Å². The Morgan fingerprint density at radius 1 is 1.08 bits per heavy atom. The molecule has 1 heterocycles. The number of fused-ring (bicyclic) bond motifs is 1. The molecule has 3 rings (SSSR count). The summed E-state index contributed by atoms with van der Waals surface area (Å²) < 4.78 is 41.6. The van der Waals surface area contributed by atoms with Gasteiger partial charge in [0.1, 0.15) is 0 Å². The van der Waals surface area contributed by atoms with Crippen molar-refractivity contribution in [3.63, 3.8) is 0 Å². The summed E-state index contributed by atoms with van der Waals surface area (Å²) in [5.41, 5.74) is 0.606. The van der Waals surface area contributed by atoms with E-state index in [-0.39, 0.29) is 12.4 Å². The molecule has 0 N–H and O–H groups in total. The second-order valence-corrected chi connectivity index (χ2v) is 5.52. The first-order valence-corrected chi connectivity index (χ1v) is 7.71. The number of hydrogen-bond donors (Lipinski definition) is 0. The minimum absolute atomic E-state index is 0.0797. The van der Waals surface area contributed by atoms with Crippen molar-refractivity contribution in [1.29, 1.82) is 0 Å². The van der Waals surface area contributed by atoms with Gasteiger partial charge in [-0.1, -0.05) is 6.07 Å². The minimum Gasteiger partial charge on any atom is -0.454 e. The third kappa shape index (κ3) is 3.88. The summed E-state index contributed by atoms with van der Waals surface area (Å²) in [6.45, 7) is 1.50. The summed E-state index contributed by atoms with van der Waals surface area (Å²) in [6, 6.07) is 7.88. The highest BCUT2D eigenvalue weighted by molar-refractivity contribution is 6.01. The molecule has 1 unspecified atom stereocenters. The number of benzene rings is 2. The van der Waals surface area contributed by atoms with Gasteiger partial charge in [-0.3, -0.25) is 4.79 Å². The Morgan fingerprint density at radius 3 is 2.62 bits per heavy atom. The Labute approximate surface area is 147 Å². The first-order chi connectivity index (χ1) is 12.4. The highest BCUT2D eigenvalue weighted by Crippen LogP contribution is 2.32. The van der Waals surface area contributed by atoms with Crippen LogP contribution in [-0.2, 0) is 9.53 Å². The quantitative estimate of drug-likeness (QED) is 0.464. The van der Waals surface area contributed by atoms with E-state index >= 15 is 0 Å². The number of Topliss-reactive ketones (excluding diaryl/α,β-unsaturated/α-hetero) is 1. The van der Waals surface area contributed by atoms with Gasteiger partial charge < -0.3 is 14.2 Å². The van der Waals surface area contributed by atoms with Gasteiger partial charge in [0.2, 0.25) is 12.6 Å². The molecule has 0 bridgehead atoms. The maximum absolute atomic E-state index is 13.2. The van der Waals surface area contributed by atoms with Gasteiger partial charge in [0.05, 0.1) is 0 Å². The van der Waals surface area contributed by atoms with Crippen molar-refractivity contribution in [2.45, 2.75) is 13.0 Å². The van der Waals surface area contributed by atoms with Crippen LogP contribution in [0, 0.1) is 11.6 Å². The Bertz CT molecular complexity index is 891. The zero-order chi connectivity index (χ0) is 18.7. The number of esters is 1. The van der Waals surface area contributed by atoms with Crippen LogP contribution in [0.1, 0.15) is 22.8 Å². The summed E-state index contributed by atoms with van der Waals surface area (Å²) in [5.74, 6) is -2.38. The van der Waals surface area contributed by atoms with Crippen molar-refractivity contribution in [3.05, 3.63) is 65.2 Å². The lowest BCUT2D eigenvalue weighted by atomic mass is 10.1. The number of carbonyl (C=O) groups excluding carboxylic acids is 2. The van der Waals surface area contributed by atoms with E-state index in [0.717, 1.165) is 24.3 Å². The predicted molar refractivity (Wildman–Crippen MR) is 87.8 cm³/mol. The van der Waals surface area contributed by atoms with Crippen molar-refractivity contribution in [1.82, 2.24) is 0 Å². The van der Waals surface area contributed by atoms with E-state index in [0.29, 0.717) is 17.1 Å². The molecule has 2 aromatic carbocycles. The third-order valence-electron chi connectivity index (χ3n) is 3.67. The topological polar surface area (TPSA) is 61.8 Å². The second kappa shape index (κ2) is 7.35. The third-order valence-corrected chi connectivity index (χ3v) is 3.67. The molecule has 0 fully saturated rings. The molecule has 5 nitrogen and oxygen atoms in total. The minimum atomic E-state index is -1.14. The molecular formula is C19H14F2O5. The maximum Gasteiger partial charge on any atom is 0.331 e. The van der Waals surface area contributed by atoms with E-state index in [2.05, 4.69) is 0 Å². The van der Waals surface area contributed by atoms with Crippen LogP contribution in [-0.4, -0.2) is 24.6 Å². The fourth-order valence-corrected chi connectivity index (χ4v) is 2.33. The zero-order valence-electron chi connectivity index (χ0n) is 13.7. The van der Waals surface area contributed by atoms with Crippen LogP contribution in [0.5, 0.6) is 11.5 Å². The van der Waals surface area contributed by atoms with Gasteiger partial charge in [-0.25, -0.2) is 13.6 Å². The molecule has 134 valence electrons. The van der Waals surface area contributed by atoms with Crippen LogP contribution in [0.25, 0.3) is 6.08 Å². The van der Waals surface area contributed by atoms with Crippen molar-refractivity contribution >= 4 is 17.8 Å². The maximum atomic E-state index is 13.2. The Balaban J connectivity index is 1.61. The molecule has 0 radical (unpaired) electrons. The van der Waals surface area contributed by atoms with E-state index in [1.165, 1.54) is 13.0 Å². The molecule has 1 aliphatic heterocycles. The Hall–Kier alpha value is -3.22. The summed E-state index contributed by atoms with van der Waals surface area (Å²) in [7, 11) is 0. The standard InChI is InChI=1S/C19H14F2O5/c1-11(19(23)13-4-5-14(20)15(21)9-13)26-18(22)7-3-12-2-6-16-17(8-12)25-10-24-16/h2-9,11H,10H2,1H3/b7-3+. The number of halogens is 2. The molecule has 0 saturated carbocycles. The van der Waals surface area contributed by atoms with Gasteiger partial charge in [0, 0.05) is 11.6 Å². The summed E-state index contributed by atoms with van der Waals surface area (Å²) in [5, 5.41) is 0. The van der Waals surface area contributed by atoms with Crippen molar-refractivity contribution in [2.75, 3.05) is 6.79 Å². The van der Waals surface area contributed by atoms with Crippen LogP contribution in [0.15, 0.2) is 42.5 Å². The van der Waals surface area contributed by atoms with E-state index in [9.17, 15) is 18.4 Å². The molecule has 26 heavy (non-hydrogen) atoms. The van der Waals surface area contributed by atoms with Gasteiger partial charge in [-0.05, 0) is 48.9 Å². The molecule has 2 aromatic rings. The average Bonchev–Trinajstić information content (AvgIpc) is 3.09. The lowest BCUT2D eigenvalue weighted by molar-refractivity contribution is -0.140. The number of rotatable bonds is 5. The predicted octanol–water partition coefficient (Wildman–Crippen LogP) is 3.52. The van der Waals surface area contributed by atoms with Crippen LogP contribution >= 0.6 is 0 Å². The number of ketones is 1. The molecule has 0 aromatic heterocycles. The Morgan fingerprint density at radius 2 is 1.85 bits per heavy atom. The van der Waals surface area contributed by atoms with E-state index < -0.39 is 29.5 Å². The summed E-state index contributed by atoms with van der Waals surface area (Å²) in [4.78, 5) is 24.0. The molecule has 0 spiro atoms. The number of ether oxygens (including phenoxy) is 3. The molecular weight excluding hydrogens is 346 g/mol. The first-order valence-electron chi connectivity index (χ1n) is 7.71. The van der Waals surface area contributed by atoms with Crippen LogP contribution in [0.4, 0.5) is 8.78 Å². The first kappa shape index (κ1) is 17.6. The molecule has 1 atom stereocenters. The monoisotopic (exact) mass is 360 g/mol. The lowest BCUT2D eigenvalue weighted by Crippen LogP contribution is -2.23. The second-order valence-electron chi connectivity index (χ2n) is 5.52. The smallest absolute Gasteiger partial charge is 0.331 e. The Kier molecular flexibility index (Phi) is 4.97. The van der Waals surface area contributed by atoms with Crippen LogP contribution in [0.3, 0.4) is 0 Å². The summed E-state index contributed by atoms with van der Waals surface area (Å²) in [6.07, 6.45) is 1.51. The van der Waals surface area contributed by atoms with Gasteiger partial charge >= 0.3 is 5.97 Å². The number of hydrogen-bond acceptors (Lipinski definition) is 5. The van der Waals surface area contributed by atoms with Gasteiger partial charge in [-0.2, -0.15) is 0 Å². The van der Waals surface area contributed by atoms with E-state index in [4.69, 9.17) is 14.2 Å². The number of carbonyl (C=O) groups is 2. The molecule has 1 aliphatic rings. The largest absolute Gasteiger partial charge is 0.454 e. The average molecular weight is 360 g/mol. The highest BCUT2D eigenvalue weighted by Gasteiger charge is 2.20. The SMILES string of the molecule is CC(OC(=O)/C=C/c1ccc2c(c1)OCO2)C(=O)c1ccc(F)c(F)c1. The van der Waals surface area contributed by atoms with Crippen molar-refractivity contribution in [2.24, 2.45) is 0 Å². The molecule has 7 heteroatoms. The normalized spacial score (nSPS) is 13.7. The van der Waals surface area contributed by atoms with E-state index in [1.54, 1.807) is 18.2 Å². The fourth-order valence-electron chi connectivity index (χ4n) is 2.33. The molecule has 0 saturated heterocycles. The zero-order valence-corrected chi connectivity index (χ0v) is 13.7. The van der Waals surface area contributed by atoms with Gasteiger partial charge in [-0.15, -0.1) is 0 Å². The molecule has 0 aliphatic carbocycles. The summed E-state index contributed by atoms with van der Waals surface area (Å²) >= 11 is 0. The van der Waals surface area contributed by atoms with Gasteiger partial charge in [0.25, 0.3) is 0 Å². The fraction of sp³-hybridized carbons (Fsp3) is 0.158. The van der Waals surface area contributed by atoms with Crippen LogP contribution in [0.2, 0.25) is 0 Å². The van der Waals surface area contributed by atoms with Crippen molar-refractivity contribution < 1.29 is 32.6 Å². The van der Waals surface area contributed by atoms with E-state index in [1.807, 2.05) is 0 Å². The van der Waals surface area contributed by atoms with Gasteiger partial charge in [0.15, 0.2) is 29.2 Å². The molecule has 0 amide bonds. The van der Waals surface area contributed by atoms with Crippen LogP contribution < -0.4 is 9.47 Å². The highest BCUT2D eigenvalue weighted by atomic mass is 19.2. The lowest BCUT2D eigenvalue weighted by Gasteiger charge is -2.11.